The number of hydrogen-bond acceptors (Lipinski definition) is 4. The zero-order valence-electron chi connectivity index (χ0n) is 11.7. The highest BCUT2D eigenvalue weighted by Crippen LogP contribution is 2.38. The lowest BCUT2D eigenvalue weighted by molar-refractivity contribution is 0.0137. The Morgan fingerprint density at radius 1 is 1.59 bits per heavy atom. The molecule has 0 aromatic carbocycles. The molecule has 1 rings (SSSR count). The minimum Gasteiger partial charge on any atom is -0.383 e. The van der Waals surface area contributed by atoms with Gasteiger partial charge in [-0.2, -0.15) is 11.8 Å². The van der Waals surface area contributed by atoms with Crippen LogP contribution >= 0.6 is 11.8 Å². The van der Waals surface area contributed by atoms with E-state index in [0.29, 0.717) is 11.3 Å². The van der Waals surface area contributed by atoms with E-state index in [1.807, 2.05) is 0 Å². The average Bonchev–Trinajstić information content (AvgIpc) is 2.33. The highest BCUT2D eigenvalue weighted by Gasteiger charge is 2.43. The van der Waals surface area contributed by atoms with Crippen LogP contribution in [0.3, 0.4) is 0 Å². The van der Waals surface area contributed by atoms with E-state index in [2.05, 4.69) is 37.4 Å². The van der Waals surface area contributed by atoms with Crippen molar-refractivity contribution in [3.63, 3.8) is 0 Å². The lowest BCUT2D eigenvalue weighted by Crippen LogP contribution is -2.63. The predicted molar refractivity (Wildman–Crippen MR) is 76.7 cm³/mol. The van der Waals surface area contributed by atoms with Crippen LogP contribution in [0.1, 0.15) is 33.6 Å². The lowest BCUT2D eigenvalue weighted by Gasteiger charge is -2.51. The van der Waals surface area contributed by atoms with Crippen molar-refractivity contribution in [2.45, 2.75) is 50.4 Å². The van der Waals surface area contributed by atoms with E-state index in [1.54, 1.807) is 7.11 Å². The molecule has 0 aromatic rings. The molecule has 2 N–H and O–H groups in total. The summed E-state index contributed by atoms with van der Waals surface area (Å²) in [5.74, 6) is 1.28. The zero-order valence-corrected chi connectivity index (χ0v) is 12.6. The van der Waals surface area contributed by atoms with Crippen molar-refractivity contribution in [3.8, 4) is 0 Å². The fraction of sp³-hybridized carbons (Fsp3) is 1.00. The number of ether oxygens (including phenoxy) is 1. The molecule has 0 radical (unpaired) electrons. The van der Waals surface area contributed by atoms with Gasteiger partial charge in [-0.25, -0.2) is 0 Å². The highest BCUT2D eigenvalue weighted by molar-refractivity contribution is 8.00. The maximum absolute atomic E-state index is 6.14. The molecule has 1 saturated heterocycles. The van der Waals surface area contributed by atoms with Crippen LogP contribution in [0, 0.1) is 0 Å². The van der Waals surface area contributed by atoms with Crippen LogP contribution in [0.2, 0.25) is 0 Å². The summed E-state index contributed by atoms with van der Waals surface area (Å²) >= 11 is 2.07. The molecule has 1 heterocycles. The third-order valence-corrected chi connectivity index (χ3v) is 5.55. The molecule has 0 spiro atoms. The van der Waals surface area contributed by atoms with E-state index in [4.69, 9.17) is 10.5 Å². The van der Waals surface area contributed by atoms with Crippen LogP contribution in [-0.2, 0) is 4.74 Å². The summed E-state index contributed by atoms with van der Waals surface area (Å²) in [5.41, 5.74) is 6.31. The van der Waals surface area contributed by atoms with Crippen LogP contribution in [0.25, 0.3) is 0 Å². The van der Waals surface area contributed by atoms with E-state index in [9.17, 15) is 0 Å². The second-order valence-electron chi connectivity index (χ2n) is 5.01. The Morgan fingerprint density at radius 2 is 2.29 bits per heavy atom. The first kappa shape index (κ1) is 15.3. The largest absolute Gasteiger partial charge is 0.383 e. The maximum Gasteiger partial charge on any atom is 0.0615 e. The minimum absolute atomic E-state index is 0.162. The highest BCUT2D eigenvalue weighted by atomic mass is 32.2. The number of methoxy groups -OCH3 is 1. The third kappa shape index (κ3) is 3.16. The number of hydrogen-bond donors (Lipinski definition) is 1. The van der Waals surface area contributed by atoms with Crippen molar-refractivity contribution < 1.29 is 4.74 Å². The standard InChI is InChI=1S/C13H28N2OS/c1-5-15(11(2)9-16-4)13(10-14)7-6-8-17-12(13)3/h11-12H,5-10,14H2,1-4H3. The first-order valence-corrected chi connectivity index (χ1v) is 7.74. The number of nitrogens with two attached hydrogens (primary N) is 1. The molecule has 4 heteroatoms. The summed E-state index contributed by atoms with van der Waals surface area (Å²) in [7, 11) is 1.78. The zero-order chi connectivity index (χ0) is 12.9. The molecule has 102 valence electrons. The molecule has 17 heavy (non-hydrogen) atoms. The van der Waals surface area contributed by atoms with Crippen LogP contribution < -0.4 is 5.73 Å². The van der Waals surface area contributed by atoms with Gasteiger partial charge in [0, 0.05) is 30.5 Å². The molecule has 1 aliphatic heterocycles. The minimum atomic E-state index is 0.162. The monoisotopic (exact) mass is 260 g/mol. The summed E-state index contributed by atoms with van der Waals surface area (Å²) in [6.45, 7) is 9.40. The van der Waals surface area contributed by atoms with Crippen molar-refractivity contribution in [1.29, 1.82) is 0 Å². The van der Waals surface area contributed by atoms with Crippen LogP contribution in [-0.4, -0.2) is 54.3 Å². The maximum atomic E-state index is 6.14. The summed E-state index contributed by atoms with van der Waals surface area (Å²) in [6.07, 6.45) is 2.50. The van der Waals surface area contributed by atoms with Gasteiger partial charge in [0.1, 0.15) is 0 Å². The SMILES string of the molecule is CCN(C(C)COC)C1(CN)CCCSC1C. The second kappa shape index (κ2) is 6.98. The molecular formula is C13H28N2OS. The molecule has 1 aliphatic rings. The average molecular weight is 260 g/mol. The Bertz CT molecular complexity index is 227. The van der Waals surface area contributed by atoms with Gasteiger partial charge in [-0.1, -0.05) is 13.8 Å². The molecule has 0 amide bonds. The number of rotatable bonds is 6. The van der Waals surface area contributed by atoms with Gasteiger partial charge in [-0.15, -0.1) is 0 Å². The smallest absolute Gasteiger partial charge is 0.0615 e. The first-order valence-electron chi connectivity index (χ1n) is 6.69. The van der Waals surface area contributed by atoms with Crippen molar-refractivity contribution in [1.82, 2.24) is 4.90 Å². The Hall–Kier alpha value is 0.230. The van der Waals surface area contributed by atoms with Gasteiger partial charge in [0.05, 0.1) is 6.61 Å². The third-order valence-electron chi connectivity index (χ3n) is 4.08. The quantitative estimate of drug-likeness (QED) is 0.792. The molecule has 0 saturated carbocycles. The van der Waals surface area contributed by atoms with E-state index in [1.165, 1.54) is 18.6 Å². The first-order chi connectivity index (χ1) is 8.12. The van der Waals surface area contributed by atoms with Gasteiger partial charge in [-0.05, 0) is 32.1 Å². The Morgan fingerprint density at radius 3 is 2.76 bits per heavy atom. The van der Waals surface area contributed by atoms with Crippen molar-refractivity contribution >= 4 is 11.8 Å². The van der Waals surface area contributed by atoms with Gasteiger partial charge in [0.2, 0.25) is 0 Å². The van der Waals surface area contributed by atoms with Crippen molar-refractivity contribution in [2.75, 3.05) is 32.6 Å². The summed E-state index contributed by atoms with van der Waals surface area (Å²) < 4.78 is 5.31. The molecule has 0 aromatic heterocycles. The topological polar surface area (TPSA) is 38.5 Å². The Labute approximate surface area is 110 Å². The van der Waals surface area contributed by atoms with Crippen molar-refractivity contribution in [3.05, 3.63) is 0 Å². The summed E-state index contributed by atoms with van der Waals surface area (Å²) in [6, 6.07) is 0.440. The van der Waals surface area contributed by atoms with Crippen molar-refractivity contribution in [2.24, 2.45) is 5.73 Å². The number of thioether (sulfide) groups is 1. The van der Waals surface area contributed by atoms with Gasteiger partial charge < -0.3 is 10.5 Å². The molecule has 0 aliphatic carbocycles. The van der Waals surface area contributed by atoms with E-state index >= 15 is 0 Å². The number of nitrogens with zero attached hydrogens (tertiary/aromatic N) is 1. The lowest BCUT2D eigenvalue weighted by atomic mass is 9.86. The summed E-state index contributed by atoms with van der Waals surface area (Å²) in [4.78, 5) is 2.56. The molecule has 3 unspecified atom stereocenters. The van der Waals surface area contributed by atoms with Gasteiger partial charge in [-0.3, -0.25) is 4.90 Å². The van der Waals surface area contributed by atoms with Crippen LogP contribution in [0.5, 0.6) is 0 Å². The Kier molecular flexibility index (Phi) is 6.27. The van der Waals surface area contributed by atoms with E-state index < -0.39 is 0 Å². The Balaban J connectivity index is 2.86. The van der Waals surface area contributed by atoms with Crippen LogP contribution in [0.4, 0.5) is 0 Å². The fourth-order valence-electron chi connectivity index (χ4n) is 3.16. The van der Waals surface area contributed by atoms with E-state index in [-0.39, 0.29) is 5.54 Å². The molecule has 0 bridgehead atoms. The molecule has 3 atom stereocenters. The van der Waals surface area contributed by atoms with E-state index in [0.717, 1.165) is 19.7 Å². The van der Waals surface area contributed by atoms with Gasteiger partial charge in [0.15, 0.2) is 0 Å². The normalized spacial score (nSPS) is 31.8. The van der Waals surface area contributed by atoms with Gasteiger partial charge >= 0.3 is 0 Å². The summed E-state index contributed by atoms with van der Waals surface area (Å²) in [5, 5.41) is 0.612. The molecule has 1 fully saturated rings. The molecule has 3 nitrogen and oxygen atoms in total. The van der Waals surface area contributed by atoms with Crippen LogP contribution in [0.15, 0.2) is 0 Å². The fourth-order valence-corrected chi connectivity index (χ4v) is 4.48. The predicted octanol–water partition coefficient (Wildman–Crippen LogP) is 1.96. The second-order valence-corrected chi connectivity index (χ2v) is 6.46. The number of likely N-dealkylation sites (N-methyl/N-ethyl adjacent to an activating group) is 1. The van der Waals surface area contributed by atoms with Gasteiger partial charge in [0.25, 0.3) is 0 Å². The molecular weight excluding hydrogens is 232 g/mol.